The highest BCUT2D eigenvalue weighted by Crippen LogP contribution is 2.24. The zero-order valence-corrected chi connectivity index (χ0v) is 13.9. The number of nitrogens with zero attached hydrogens (tertiary/aromatic N) is 1. The highest BCUT2D eigenvalue weighted by Gasteiger charge is 2.27. The topological polar surface area (TPSA) is 63.4 Å². The third-order valence-electron chi connectivity index (χ3n) is 2.92. The maximum atomic E-state index is 12.8. The fraction of sp³-hybridized carbons (Fsp3) is 0.600. The predicted molar refractivity (Wildman–Crippen MR) is 84.0 cm³/mol. The van der Waals surface area contributed by atoms with E-state index in [4.69, 9.17) is 5.73 Å². The summed E-state index contributed by atoms with van der Waals surface area (Å²) in [6, 6.07) is 5.09. The van der Waals surface area contributed by atoms with Gasteiger partial charge in [-0.15, -0.1) is 0 Å². The van der Waals surface area contributed by atoms with Gasteiger partial charge in [-0.2, -0.15) is 4.31 Å². The van der Waals surface area contributed by atoms with Gasteiger partial charge in [-0.05, 0) is 36.5 Å². The minimum Gasteiger partial charge on any atom is -0.398 e. The van der Waals surface area contributed by atoms with Crippen LogP contribution in [0.2, 0.25) is 0 Å². The molecule has 2 N–H and O–H groups in total. The molecule has 1 aromatic carbocycles. The van der Waals surface area contributed by atoms with Crippen LogP contribution in [0, 0.1) is 18.8 Å². The summed E-state index contributed by atoms with van der Waals surface area (Å²) in [5.74, 6) is 0.547. The van der Waals surface area contributed by atoms with Gasteiger partial charge in [0.15, 0.2) is 0 Å². The number of anilines is 1. The summed E-state index contributed by atoms with van der Waals surface area (Å²) in [7, 11) is -3.53. The average molecular weight is 298 g/mol. The predicted octanol–water partition coefficient (Wildman–Crippen LogP) is 2.88. The average Bonchev–Trinajstić information content (AvgIpc) is 2.26. The standard InChI is InChI=1S/C15H26N2O2S/c1-11(2)9-17(10-12(3)4)20(18,19)15-7-6-13(5)8-14(15)16/h6-8,11-12H,9-10,16H2,1-5H3. The molecular weight excluding hydrogens is 272 g/mol. The lowest BCUT2D eigenvalue weighted by Gasteiger charge is -2.26. The molecule has 1 aromatic rings. The van der Waals surface area contributed by atoms with Crippen molar-refractivity contribution in [3.05, 3.63) is 23.8 Å². The number of rotatable bonds is 6. The van der Waals surface area contributed by atoms with Crippen molar-refractivity contribution in [1.29, 1.82) is 0 Å². The monoisotopic (exact) mass is 298 g/mol. The normalized spacial score (nSPS) is 12.6. The molecule has 114 valence electrons. The van der Waals surface area contributed by atoms with Crippen LogP contribution >= 0.6 is 0 Å². The van der Waals surface area contributed by atoms with Gasteiger partial charge in [0.1, 0.15) is 4.90 Å². The molecule has 0 amide bonds. The lowest BCUT2D eigenvalue weighted by atomic mass is 10.2. The highest BCUT2D eigenvalue weighted by atomic mass is 32.2. The minimum absolute atomic E-state index is 0.212. The zero-order chi connectivity index (χ0) is 15.5. The van der Waals surface area contributed by atoms with Crippen molar-refractivity contribution < 1.29 is 8.42 Å². The van der Waals surface area contributed by atoms with Crippen molar-refractivity contribution in [3.63, 3.8) is 0 Å². The first-order valence-electron chi connectivity index (χ1n) is 7.01. The summed E-state index contributed by atoms with van der Waals surface area (Å²) >= 11 is 0. The Kier molecular flexibility index (Phi) is 5.59. The van der Waals surface area contributed by atoms with Gasteiger partial charge in [-0.1, -0.05) is 33.8 Å². The molecule has 0 aromatic heterocycles. The Morgan fingerprint density at radius 3 is 2.00 bits per heavy atom. The molecule has 0 bridgehead atoms. The number of hydrogen-bond acceptors (Lipinski definition) is 3. The number of nitrogen functional groups attached to an aromatic ring is 1. The SMILES string of the molecule is Cc1ccc(S(=O)(=O)N(CC(C)C)CC(C)C)c(N)c1. The van der Waals surface area contributed by atoms with E-state index in [0.29, 0.717) is 18.8 Å². The van der Waals surface area contributed by atoms with Crippen molar-refractivity contribution in [2.45, 2.75) is 39.5 Å². The molecule has 0 aliphatic carbocycles. The van der Waals surface area contributed by atoms with Gasteiger partial charge >= 0.3 is 0 Å². The molecule has 0 unspecified atom stereocenters. The Labute approximate surface area is 123 Å². The van der Waals surface area contributed by atoms with E-state index in [2.05, 4.69) is 0 Å². The summed E-state index contributed by atoms with van der Waals surface area (Å²) in [4.78, 5) is 0.212. The molecule has 0 atom stereocenters. The van der Waals surface area contributed by atoms with Crippen molar-refractivity contribution in [1.82, 2.24) is 4.31 Å². The van der Waals surface area contributed by atoms with E-state index in [-0.39, 0.29) is 16.7 Å². The largest absolute Gasteiger partial charge is 0.398 e. The number of aryl methyl sites for hydroxylation is 1. The Morgan fingerprint density at radius 2 is 1.60 bits per heavy atom. The second kappa shape index (κ2) is 6.59. The zero-order valence-electron chi connectivity index (χ0n) is 13.1. The number of benzene rings is 1. The second-order valence-corrected chi connectivity index (χ2v) is 8.06. The molecule has 0 spiro atoms. The highest BCUT2D eigenvalue weighted by molar-refractivity contribution is 7.89. The Bertz CT molecular complexity index is 541. The van der Waals surface area contributed by atoms with Crippen LogP contribution in [-0.2, 0) is 10.0 Å². The van der Waals surface area contributed by atoms with Crippen LogP contribution in [0.1, 0.15) is 33.3 Å². The molecule has 0 saturated heterocycles. The second-order valence-electron chi connectivity index (χ2n) is 6.15. The first-order chi connectivity index (χ1) is 9.14. The first kappa shape index (κ1) is 17.0. The molecule has 0 saturated carbocycles. The summed E-state index contributed by atoms with van der Waals surface area (Å²) in [6.45, 7) is 11.0. The summed E-state index contributed by atoms with van der Waals surface area (Å²) < 4.78 is 27.1. The van der Waals surface area contributed by atoms with Crippen LogP contribution in [-0.4, -0.2) is 25.8 Å². The van der Waals surface area contributed by atoms with Crippen molar-refractivity contribution in [2.75, 3.05) is 18.8 Å². The van der Waals surface area contributed by atoms with Crippen LogP contribution < -0.4 is 5.73 Å². The fourth-order valence-electron chi connectivity index (χ4n) is 2.13. The molecule has 0 radical (unpaired) electrons. The maximum absolute atomic E-state index is 12.8. The number of nitrogens with two attached hydrogens (primary N) is 1. The van der Waals surface area contributed by atoms with E-state index >= 15 is 0 Å². The molecule has 0 aliphatic rings. The molecular formula is C15H26N2O2S. The molecule has 0 aliphatic heterocycles. The van der Waals surface area contributed by atoms with Crippen molar-refractivity contribution >= 4 is 15.7 Å². The smallest absolute Gasteiger partial charge is 0.245 e. The van der Waals surface area contributed by atoms with E-state index < -0.39 is 10.0 Å². The van der Waals surface area contributed by atoms with Gasteiger partial charge in [-0.25, -0.2) is 8.42 Å². The lowest BCUT2D eigenvalue weighted by molar-refractivity contribution is 0.333. The lowest BCUT2D eigenvalue weighted by Crippen LogP contribution is -2.37. The molecule has 20 heavy (non-hydrogen) atoms. The quantitative estimate of drug-likeness (QED) is 0.821. The van der Waals surface area contributed by atoms with Crippen LogP contribution in [0.3, 0.4) is 0 Å². The Hall–Kier alpha value is -1.07. The van der Waals surface area contributed by atoms with E-state index in [9.17, 15) is 8.42 Å². The molecule has 0 heterocycles. The van der Waals surface area contributed by atoms with Gasteiger partial charge in [0.05, 0.1) is 5.69 Å². The Balaban J connectivity index is 3.21. The van der Waals surface area contributed by atoms with Crippen LogP contribution in [0.5, 0.6) is 0 Å². The maximum Gasteiger partial charge on any atom is 0.245 e. The van der Waals surface area contributed by atoms with E-state index in [1.165, 1.54) is 0 Å². The number of hydrogen-bond donors (Lipinski definition) is 1. The minimum atomic E-state index is -3.53. The van der Waals surface area contributed by atoms with Crippen LogP contribution in [0.15, 0.2) is 23.1 Å². The fourth-order valence-corrected chi connectivity index (χ4v) is 3.99. The van der Waals surface area contributed by atoms with Crippen molar-refractivity contribution in [3.8, 4) is 0 Å². The molecule has 5 heteroatoms. The summed E-state index contributed by atoms with van der Waals surface area (Å²) in [5.41, 5.74) is 7.18. The van der Waals surface area contributed by atoms with Gasteiger partial charge in [0.25, 0.3) is 0 Å². The third kappa shape index (κ3) is 4.21. The van der Waals surface area contributed by atoms with Crippen molar-refractivity contribution in [2.24, 2.45) is 11.8 Å². The van der Waals surface area contributed by atoms with E-state index in [1.807, 2.05) is 34.6 Å². The van der Waals surface area contributed by atoms with Gasteiger partial charge in [-0.3, -0.25) is 0 Å². The molecule has 0 fully saturated rings. The molecule has 1 rings (SSSR count). The van der Waals surface area contributed by atoms with Gasteiger partial charge in [0.2, 0.25) is 10.0 Å². The van der Waals surface area contributed by atoms with Gasteiger partial charge in [0, 0.05) is 13.1 Å². The van der Waals surface area contributed by atoms with Crippen LogP contribution in [0.25, 0.3) is 0 Å². The first-order valence-corrected chi connectivity index (χ1v) is 8.45. The number of sulfonamides is 1. The molecule has 4 nitrogen and oxygen atoms in total. The van der Waals surface area contributed by atoms with E-state index in [1.54, 1.807) is 22.5 Å². The third-order valence-corrected chi connectivity index (χ3v) is 4.83. The van der Waals surface area contributed by atoms with Gasteiger partial charge < -0.3 is 5.73 Å². The van der Waals surface area contributed by atoms with Crippen LogP contribution in [0.4, 0.5) is 5.69 Å². The summed E-state index contributed by atoms with van der Waals surface area (Å²) in [5, 5.41) is 0. The van der Waals surface area contributed by atoms with E-state index in [0.717, 1.165) is 5.56 Å². The summed E-state index contributed by atoms with van der Waals surface area (Å²) in [6.07, 6.45) is 0. The Morgan fingerprint density at radius 1 is 1.10 bits per heavy atom.